The molecular weight excluding hydrogens is 300 g/mol. The lowest BCUT2D eigenvalue weighted by Crippen LogP contribution is -2.49. The molecule has 1 fully saturated rings. The summed E-state index contributed by atoms with van der Waals surface area (Å²) in [4.78, 5) is 15.0. The van der Waals surface area contributed by atoms with E-state index in [1.807, 2.05) is 32.0 Å². The summed E-state index contributed by atoms with van der Waals surface area (Å²) < 4.78 is 0. The van der Waals surface area contributed by atoms with Crippen molar-refractivity contribution in [2.24, 2.45) is 5.92 Å². The van der Waals surface area contributed by atoms with Gasteiger partial charge in [0.15, 0.2) is 0 Å². The van der Waals surface area contributed by atoms with Gasteiger partial charge >= 0.3 is 0 Å². The average Bonchev–Trinajstić information content (AvgIpc) is 2.61. The summed E-state index contributed by atoms with van der Waals surface area (Å²) in [5, 5.41) is 13.0. The molecule has 2 N–H and O–H groups in total. The van der Waals surface area contributed by atoms with E-state index in [4.69, 9.17) is 0 Å². The summed E-state index contributed by atoms with van der Waals surface area (Å²) in [7, 11) is 0. The highest BCUT2D eigenvalue weighted by molar-refractivity contribution is 5.81. The molecule has 4 heteroatoms. The van der Waals surface area contributed by atoms with Crippen LogP contribution in [0.3, 0.4) is 0 Å². The van der Waals surface area contributed by atoms with Crippen molar-refractivity contribution < 1.29 is 9.90 Å². The molecule has 134 valence electrons. The first kappa shape index (κ1) is 18.9. The van der Waals surface area contributed by atoms with E-state index >= 15 is 0 Å². The normalized spacial score (nSPS) is 20.3. The van der Waals surface area contributed by atoms with Gasteiger partial charge in [-0.15, -0.1) is 0 Å². The van der Waals surface area contributed by atoms with Crippen LogP contribution in [-0.4, -0.2) is 41.1 Å². The molecule has 0 radical (unpaired) electrons. The van der Waals surface area contributed by atoms with Gasteiger partial charge in [-0.3, -0.25) is 9.69 Å². The lowest BCUT2D eigenvalue weighted by Gasteiger charge is -2.36. The number of aliphatic hydroxyl groups is 1. The maximum absolute atomic E-state index is 12.7. The van der Waals surface area contributed by atoms with Gasteiger partial charge in [0.2, 0.25) is 5.91 Å². The van der Waals surface area contributed by atoms with Gasteiger partial charge in [0.25, 0.3) is 0 Å². The van der Waals surface area contributed by atoms with Crippen LogP contribution < -0.4 is 5.32 Å². The van der Waals surface area contributed by atoms with Crippen LogP contribution in [-0.2, 0) is 4.79 Å². The first-order valence-corrected chi connectivity index (χ1v) is 9.30. The zero-order valence-electron chi connectivity index (χ0n) is 15.2. The lowest BCUT2D eigenvalue weighted by molar-refractivity contribution is -0.127. The number of aliphatic hydroxyl groups excluding tert-OH is 1. The van der Waals surface area contributed by atoms with E-state index < -0.39 is 0 Å². The monoisotopic (exact) mass is 332 g/mol. The minimum Gasteiger partial charge on any atom is -0.393 e. The summed E-state index contributed by atoms with van der Waals surface area (Å²) >= 11 is 0. The van der Waals surface area contributed by atoms with Gasteiger partial charge in [-0.2, -0.15) is 0 Å². The molecule has 4 nitrogen and oxygen atoms in total. The average molecular weight is 332 g/mol. The molecule has 0 saturated carbocycles. The number of carbonyl (C=O) groups excluding carboxylic acids is 1. The van der Waals surface area contributed by atoms with Crippen molar-refractivity contribution in [3.05, 3.63) is 35.9 Å². The number of nitrogens with one attached hydrogen (secondary N) is 1. The third-order valence-electron chi connectivity index (χ3n) is 5.28. The van der Waals surface area contributed by atoms with Gasteiger partial charge in [0.05, 0.1) is 18.2 Å². The molecule has 0 bridgehead atoms. The molecule has 0 aliphatic carbocycles. The van der Waals surface area contributed by atoms with Gasteiger partial charge in [0, 0.05) is 0 Å². The van der Waals surface area contributed by atoms with Crippen LogP contribution in [0, 0.1) is 5.92 Å². The molecule has 1 aromatic rings. The fraction of sp³-hybridized carbons (Fsp3) is 0.650. The van der Waals surface area contributed by atoms with E-state index in [0.29, 0.717) is 5.92 Å². The highest BCUT2D eigenvalue weighted by atomic mass is 16.3. The van der Waals surface area contributed by atoms with Crippen LogP contribution in [0.1, 0.15) is 58.1 Å². The lowest BCUT2D eigenvalue weighted by atomic mass is 9.91. The standard InChI is InChI=1S/C20H32N2O2/c1-4-8-19(18-9-6-5-7-10-18)21-20(24)15(2)22-13-11-17(12-14-22)16(3)23/h5-7,9-10,15-17,19,23H,4,8,11-14H2,1-3H3,(H,21,24). The van der Waals surface area contributed by atoms with Crippen LogP contribution in [0.25, 0.3) is 0 Å². The molecule has 1 aliphatic rings. The molecule has 0 aromatic heterocycles. The minimum absolute atomic E-state index is 0.0844. The largest absolute Gasteiger partial charge is 0.393 e. The smallest absolute Gasteiger partial charge is 0.237 e. The molecule has 2 rings (SSSR count). The molecule has 0 spiro atoms. The van der Waals surface area contributed by atoms with E-state index in [0.717, 1.165) is 38.8 Å². The molecule has 1 aliphatic heterocycles. The van der Waals surface area contributed by atoms with E-state index in [-0.39, 0.29) is 24.1 Å². The Labute approximate surface area is 146 Å². The third kappa shape index (κ3) is 5.05. The van der Waals surface area contributed by atoms with Crippen molar-refractivity contribution in [1.29, 1.82) is 0 Å². The molecule has 1 amide bonds. The summed E-state index contributed by atoms with van der Waals surface area (Å²) in [6, 6.07) is 10.2. The Morgan fingerprint density at radius 3 is 2.42 bits per heavy atom. The van der Waals surface area contributed by atoms with Crippen molar-refractivity contribution >= 4 is 5.91 Å². The summed E-state index contributed by atoms with van der Waals surface area (Å²) in [6.07, 6.45) is 3.67. The fourth-order valence-electron chi connectivity index (χ4n) is 3.54. The molecule has 3 atom stereocenters. The molecular formula is C20H32N2O2. The van der Waals surface area contributed by atoms with E-state index in [1.54, 1.807) is 0 Å². The highest BCUT2D eigenvalue weighted by Gasteiger charge is 2.29. The quantitative estimate of drug-likeness (QED) is 0.806. The molecule has 1 aromatic carbocycles. The Kier molecular flexibility index (Phi) is 7.25. The first-order chi connectivity index (χ1) is 11.5. The van der Waals surface area contributed by atoms with Gasteiger partial charge in [0.1, 0.15) is 0 Å². The zero-order chi connectivity index (χ0) is 17.5. The Hall–Kier alpha value is -1.39. The van der Waals surface area contributed by atoms with E-state index in [9.17, 15) is 9.90 Å². The summed E-state index contributed by atoms with van der Waals surface area (Å²) in [6.45, 7) is 7.77. The van der Waals surface area contributed by atoms with E-state index in [2.05, 4.69) is 29.3 Å². The van der Waals surface area contributed by atoms with Crippen molar-refractivity contribution in [3.63, 3.8) is 0 Å². The number of hydrogen-bond acceptors (Lipinski definition) is 3. The molecule has 3 unspecified atom stereocenters. The Bertz CT molecular complexity index is 496. The molecule has 1 heterocycles. The second kappa shape index (κ2) is 9.19. The number of piperidine rings is 1. The van der Waals surface area contributed by atoms with Crippen LogP contribution in [0.15, 0.2) is 30.3 Å². The van der Waals surface area contributed by atoms with Gasteiger partial charge < -0.3 is 10.4 Å². The molecule has 24 heavy (non-hydrogen) atoms. The summed E-state index contributed by atoms with van der Waals surface area (Å²) in [5.41, 5.74) is 1.17. The fourth-order valence-corrected chi connectivity index (χ4v) is 3.54. The highest BCUT2D eigenvalue weighted by Crippen LogP contribution is 2.23. The van der Waals surface area contributed by atoms with E-state index in [1.165, 1.54) is 5.56 Å². The Balaban J connectivity index is 1.92. The number of benzene rings is 1. The third-order valence-corrected chi connectivity index (χ3v) is 5.28. The van der Waals surface area contributed by atoms with Gasteiger partial charge in [-0.25, -0.2) is 0 Å². The number of nitrogens with zero attached hydrogens (tertiary/aromatic N) is 1. The maximum Gasteiger partial charge on any atom is 0.237 e. The second-order valence-corrected chi connectivity index (χ2v) is 7.05. The second-order valence-electron chi connectivity index (χ2n) is 7.05. The summed E-state index contributed by atoms with van der Waals surface area (Å²) in [5.74, 6) is 0.474. The van der Waals surface area contributed by atoms with Crippen LogP contribution in [0.4, 0.5) is 0 Å². The minimum atomic E-state index is -0.247. The van der Waals surface area contributed by atoms with Gasteiger partial charge in [-0.1, -0.05) is 43.7 Å². The Morgan fingerprint density at radius 1 is 1.25 bits per heavy atom. The first-order valence-electron chi connectivity index (χ1n) is 9.30. The number of likely N-dealkylation sites (tertiary alicyclic amines) is 1. The van der Waals surface area contributed by atoms with Crippen molar-refractivity contribution in [1.82, 2.24) is 10.2 Å². The van der Waals surface area contributed by atoms with Crippen molar-refractivity contribution in [2.75, 3.05) is 13.1 Å². The zero-order valence-corrected chi connectivity index (χ0v) is 15.2. The number of hydrogen-bond donors (Lipinski definition) is 2. The SMILES string of the molecule is CCCC(NC(=O)C(C)N1CCC(C(C)O)CC1)c1ccccc1. The number of amides is 1. The predicted molar refractivity (Wildman–Crippen MR) is 97.7 cm³/mol. The predicted octanol–water partition coefficient (Wildman–Crippen LogP) is 3.13. The van der Waals surface area contributed by atoms with Crippen LogP contribution in [0.5, 0.6) is 0 Å². The van der Waals surface area contributed by atoms with Crippen molar-refractivity contribution in [3.8, 4) is 0 Å². The van der Waals surface area contributed by atoms with Crippen LogP contribution in [0.2, 0.25) is 0 Å². The number of carbonyl (C=O) groups is 1. The molecule has 1 saturated heterocycles. The number of rotatable bonds is 7. The van der Waals surface area contributed by atoms with Crippen LogP contribution >= 0.6 is 0 Å². The van der Waals surface area contributed by atoms with Crippen molar-refractivity contribution in [2.45, 2.75) is 64.6 Å². The maximum atomic E-state index is 12.7. The topological polar surface area (TPSA) is 52.6 Å². The Morgan fingerprint density at radius 2 is 1.88 bits per heavy atom. The van der Waals surface area contributed by atoms with Gasteiger partial charge in [-0.05, 0) is 57.7 Å².